The molecular weight excluding hydrogens is 554 g/mol. The van der Waals surface area contributed by atoms with Crippen LogP contribution < -0.4 is 14.8 Å². The molecule has 2 N–H and O–H groups in total. The molecule has 1 aromatic heterocycles. The molecular formula is C36H31N3O5. The molecule has 0 spiro atoms. The zero-order valence-corrected chi connectivity index (χ0v) is 24.1. The second kappa shape index (κ2) is 13.2. The Bertz CT molecular complexity index is 1870. The van der Waals surface area contributed by atoms with Crippen molar-refractivity contribution in [2.75, 3.05) is 0 Å². The van der Waals surface area contributed by atoms with Gasteiger partial charge in [-0.2, -0.15) is 0 Å². The van der Waals surface area contributed by atoms with E-state index in [0.29, 0.717) is 34.7 Å². The Labute approximate surface area is 254 Å². The van der Waals surface area contributed by atoms with Crippen LogP contribution in [0.4, 0.5) is 0 Å². The highest BCUT2D eigenvalue weighted by atomic mass is 16.6. The standard InChI is InChI=1S/C36H31N3O5/c1-24-29(13-8-14-31(24)26-9-4-2-5-10-26)23-42-30-17-16-28(21-37-35(36(40)41)27-11-6-3-7-12-27)34(20-30)43-22-25-15-18-32-33(19-25)39-44-38-32/h2-20,35,37H,21-23H2,1H3,(H,40,41). The van der Waals surface area contributed by atoms with Crippen molar-refractivity contribution in [3.63, 3.8) is 0 Å². The molecule has 8 heteroatoms. The van der Waals surface area contributed by atoms with Crippen LogP contribution in [-0.4, -0.2) is 21.4 Å². The molecule has 1 heterocycles. The third-order valence-corrected chi connectivity index (χ3v) is 7.55. The number of hydrogen-bond donors (Lipinski definition) is 2. The number of benzene rings is 5. The van der Waals surface area contributed by atoms with Gasteiger partial charge in [-0.1, -0.05) is 91.0 Å². The first kappa shape index (κ1) is 28.6. The zero-order chi connectivity index (χ0) is 30.3. The van der Waals surface area contributed by atoms with Gasteiger partial charge in [0.25, 0.3) is 0 Å². The molecule has 5 aromatic carbocycles. The molecule has 8 nitrogen and oxygen atoms in total. The van der Waals surface area contributed by atoms with Gasteiger partial charge in [-0.15, -0.1) is 0 Å². The lowest BCUT2D eigenvalue weighted by atomic mass is 9.97. The van der Waals surface area contributed by atoms with Crippen LogP contribution in [0.25, 0.3) is 22.2 Å². The van der Waals surface area contributed by atoms with E-state index in [9.17, 15) is 9.90 Å². The highest BCUT2D eigenvalue weighted by molar-refractivity contribution is 5.75. The molecule has 1 unspecified atom stereocenters. The van der Waals surface area contributed by atoms with Crippen molar-refractivity contribution in [2.24, 2.45) is 0 Å². The maximum absolute atomic E-state index is 12.1. The molecule has 6 aromatic rings. The molecule has 6 rings (SSSR count). The minimum absolute atomic E-state index is 0.262. The molecule has 0 amide bonds. The Morgan fingerprint density at radius 1 is 0.795 bits per heavy atom. The van der Waals surface area contributed by atoms with Crippen LogP contribution in [0.1, 0.15) is 33.9 Å². The third kappa shape index (κ3) is 6.61. The Morgan fingerprint density at radius 2 is 1.57 bits per heavy atom. The summed E-state index contributed by atoms with van der Waals surface area (Å²) in [4.78, 5) is 12.1. The largest absolute Gasteiger partial charge is 0.489 e. The summed E-state index contributed by atoms with van der Waals surface area (Å²) in [5.74, 6) is 0.267. The van der Waals surface area contributed by atoms with Gasteiger partial charge in [0.2, 0.25) is 0 Å². The van der Waals surface area contributed by atoms with Crippen molar-refractivity contribution >= 4 is 17.0 Å². The average Bonchev–Trinajstić information content (AvgIpc) is 3.53. The van der Waals surface area contributed by atoms with Crippen LogP contribution in [0.15, 0.2) is 120 Å². The van der Waals surface area contributed by atoms with Crippen LogP contribution in [0.3, 0.4) is 0 Å². The summed E-state index contributed by atoms with van der Waals surface area (Å²) in [7, 11) is 0. The summed E-state index contributed by atoms with van der Waals surface area (Å²) in [6, 6.07) is 36.0. The summed E-state index contributed by atoms with van der Waals surface area (Å²) in [6.45, 7) is 3.02. The number of carboxylic acid groups (broad SMARTS) is 1. The number of hydrogen-bond acceptors (Lipinski definition) is 7. The number of aliphatic carboxylic acids is 1. The number of carbonyl (C=O) groups is 1. The van der Waals surface area contributed by atoms with Crippen LogP contribution in [0.2, 0.25) is 0 Å². The van der Waals surface area contributed by atoms with Gasteiger partial charge in [0.1, 0.15) is 41.8 Å². The second-order valence-electron chi connectivity index (χ2n) is 10.5. The molecule has 1 atom stereocenters. The van der Waals surface area contributed by atoms with Gasteiger partial charge in [-0.05, 0) is 68.8 Å². The van der Waals surface area contributed by atoms with Crippen molar-refractivity contribution < 1.29 is 24.0 Å². The summed E-state index contributed by atoms with van der Waals surface area (Å²) in [6.07, 6.45) is 0. The topological polar surface area (TPSA) is 107 Å². The third-order valence-electron chi connectivity index (χ3n) is 7.55. The zero-order valence-electron chi connectivity index (χ0n) is 24.1. The number of nitrogens with one attached hydrogen (secondary N) is 1. The smallest absolute Gasteiger partial charge is 0.325 e. The number of nitrogens with zero attached hydrogens (tertiary/aromatic N) is 2. The first-order chi connectivity index (χ1) is 21.5. The minimum Gasteiger partial charge on any atom is -0.489 e. The number of ether oxygens (including phenoxy) is 2. The van der Waals surface area contributed by atoms with Gasteiger partial charge in [0.05, 0.1) is 0 Å². The fourth-order valence-corrected chi connectivity index (χ4v) is 5.12. The molecule has 0 saturated carbocycles. The highest BCUT2D eigenvalue weighted by Gasteiger charge is 2.20. The SMILES string of the molecule is Cc1c(COc2ccc(CNC(C(=O)O)c3ccccc3)c(OCc3ccc4nonc4c3)c2)cccc1-c1ccccc1. The lowest BCUT2D eigenvalue weighted by Crippen LogP contribution is -2.28. The molecule has 0 aliphatic heterocycles. The summed E-state index contributed by atoms with van der Waals surface area (Å²) in [5.41, 5.74) is 8.25. The van der Waals surface area contributed by atoms with E-state index in [0.717, 1.165) is 27.8 Å². The summed E-state index contributed by atoms with van der Waals surface area (Å²) < 4.78 is 17.4. The molecule has 0 bridgehead atoms. The van der Waals surface area contributed by atoms with E-state index in [1.807, 2.05) is 78.9 Å². The monoisotopic (exact) mass is 585 g/mol. The molecule has 0 fully saturated rings. The van der Waals surface area contributed by atoms with Crippen molar-refractivity contribution in [3.8, 4) is 22.6 Å². The maximum Gasteiger partial charge on any atom is 0.325 e. The van der Waals surface area contributed by atoms with E-state index in [1.165, 1.54) is 5.56 Å². The van der Waals surface area contributed by atoms with E-state index < -0.39 is 12.0 Å². The van der Waals surface area contributed by atoms with E-state index in [4.69, 9.17) is 14.1 Å². The number of carboxylic acids is 1. The van der Waals surface area contributed by atoms with E-state index in [1.54, 1.807) is 12.1 Å². The van der Waals surface area contributed by atoms with Crippen LogP contribution in [-0.2, 0) is 24.6 Å². The molecule has 0 saturated heterocycles. The van der Waals surface area contributed by atoms with Gasteiger partial charge in [-0.25, -0.2) is 4.63 Å². The minimum atomic E-state index is -0.957. The molecule has 0 aliphatic carbocycles. The predicted octanol–water partition coefficient (Wildman–Crippen LogP) is 7.27. The molecule has 44 heavy (non-hydrogen) atoms. The fraction of sp³-hybridized carbons (Fsp3) is 0.139. The van der Waals surface area contributed by atoms with Gasteiger partial charge in [-0.3, -0.25) is 10.1 Å². The number of aromatic nitrogens is 2. The fourth-order valence-electron chi connectivity index (χ4n) is 5.12. The first-order valence-corrected chi connectivity index (χ1v) is 14.3. The quantitative estimate of drug-likeness (QED) is 0.154. The van der Waals surface area contributed by atoms with E-state index in [2.05, 4.69) is 46.8 Å². The van der Waals surface area contributed by atoms with Crippen LogP contribution in [0, 0.1) is 6.92 Å². The van der Waals surface area contributed by atoms with Crippen molar-refractivity contribution in [3.05, 3.63) is 143 Å². The maximum atomic E-state index is 12.1. The van der Waals surface area contributed by atoms with Gasteiger partial charge < -0.3 is 14.6 Å². The van der Waals surface area contributed by atoms with E-state index >= 15 is 0 Å². The van der Waals surface area contributed by atoms with Gasteiger partial charge >= 0.3 is 5.97 Å². The van der Waals surface area contributed by atoms with Crippen molar-refractivity contribution in [2.45, 2.75) is 32.7 Å². The Morgan fingerprint density at radius 3 is 2.36 bits per heavy atom. The number of rotatable bonds is 12. The van der Waals surface area contributed by atoms with Gasteiger partial charge in [0.15, 0.2) is 0 Å². The molecule has 0 radical (unpaired) electrons. The van der Waals surface area contributed by atoms with Crippen molar-refractivity contribution in [1.82, 2.24) is 15.6 Å². The Kier molecular flexibility index (Phi) is 8.61. The lowest BCUT2D eigenvalue weighted by Gasteiger charge is -2.18. The first-order valence-electron chi connectivity index (χ1n) is 14.3. The Balaban J connectivity index is 1.22. The summed E-state index contributed by atoms with van der Waals surface area (Å²) >= 11 is 0. The molecule has 220 valence electrons. The van der Waals surface area contributed by atoms with Gasteiger partial charge in [0, 0.05) is 18.2 Å². The Hall–Kier alpha value is -5.47. The summed E-state index contributed by atoms with van der Waals surface area (Å²) in [5, 5.41) is 20.8. The van der Waals surface area contributed by atoms with Crippen LogP contribution in [0.5, 0.6) is 11.5 Å². The van der Waals surface area contributed by atoms with Crippen LogP contribution >= 0.6 is 0 Å². The van der Waals surface area contributed by atoms with E-state index in [-0.39, 0.29) is 13.2 Å². The number of fused-ring (bicyclic) bond motifs is 1. The second-order valence-corrected chi connectivity index (χ2v) is 10.5. The lowest BCUT2D eigenvalue weighted by molar-refractivity contribution is -0.139. The predicted molar refractivity (Wildman–Crippen MR) is 167 cm³/mol. The normalized spacial score (nSPS) is 11.8. The average molecular weight is 586 g/mol. The van der Waals surface area contributed by atoms with Crippen molar-refractivity contribution in [1.29, 1.82) is 0 Å². The highest BCUT2D eigenvalue weighted by Crippen LogP contribution is 2.30. The molecule has 0 aliphatic rings.